The second-order valence-corrected chi connectivity index (χ2v) is 23.3. The zero-order valence-corrected chi connectivity index (χ0v) is 48.9. The molecule has 2 unspecified atom stereocenters. The number of hydrogen-bond acceptors (Lipinski definition) is 2. The van der Waals surface area contributed by atoms with Gasteiger partial charge in [0.15, 0.2) is 0 Å². The number of fused-ring (bicyclic) bond motifs is 5. The normalized spacial score (nSPS) is 16.3. The summed E-state index contributed by atoms with van der Waals surface area (Å²) in [6.07, 6.45) is 10.3. The van der Waals surface area contributed by atoms with Crippen LogP contribution < -0.4 is 9.80 Å². The number of para-hydroxylation sites is 2. The van der Waals surface area contributed by atoms with Gasteiger partial charge < -0.3 is 9.80 Å². The number of benzene rings is 11. The number of allylic oxidation sites excluding steroid dienone is 4. The van der Waals surface area contributed by atoms with Gasteiger partial charge in [0.2, 0.25) is 0 Å². The molecule has 416 valence electrons. The van der Waals surface area contributed by atoms with Crippen molar-refractivity contribution in [1.29, 1.82) is 0 Å². The van der Waals surface area contributed by atoms with Crippen molar-refractivity contribution in [1.82, 2.24) is 0 Å². The molecule has 3 aliphatic carbocycles. The molecule has 14 rings (SSSR count). The van der Waals surface area contributed by atoms with Gasteiger partial charge in [-0.05, 0) is 213 Å². The highest BCUT2D eigenvalue weighted by Crippen LogP contribution is 2.60. The van der Waals surface area contributed by atoms with E-state index in [9.17, 15) is 0 Å². The topological polar surface area (TPSA) is 6.48 Å². The molecule has 86 heavy (non-hydrogen) atoms. The molecule has 2 atom stereocenters. The van der Waals surface area contributed by atoms with Crippen LogP contribution >= 0.6 is 0 Å². The summed E-state index contributed by atoms with van der Waals surface area (Å²) in [5.74, 6) is -0.648. The van der Waals surface area contributed by atoms with E-state index in [1.807, 2.05) is 41.3 Å². The zero-order valence-electron chi connectivity index (χ0n) is 48.9. The minimum atomic E-state index is -0.686. The largest absolute Gasteiger partial charge is 0.308 e. The van der Waals surface area contributed by atoms with Gasteiger partial charge in [-0.3, -0.25) is 0 Å². The van der Waals surface area contributed by atoms with Gasteiger partial charge in [0, 0.05) is 22.7 Å². The van der Waals surface area contributed by atoms with Crippen LogP contribution in [0.5, 0.6) is 0 Å². The molecule has 2 nitrogen and oxygen atoms in total. The van der Waals surface area contributed by atoms with E-state index < -0.39 is 10.8 Å². The highest BCUT2D eigenvalue weighted by atomic mass is 19.1. The lowest BCUT2D eigenvalue weighted by molar-refractivity contribution is 0.628. The molecule has 0 fully saturated rings. The van der Waals surface area contributed by atoms with E-state index in [2.05, 4.69) is 252 Å². The third-order valence-corrected chi connectivity index (χ3v) is 18.4. The summed E-state index contributed by atoms with van der Waals surface area (Å²) in [6.45, 7) is 16.9. The van der Waals surface area contributed by atoms with Gasteiger partial charge in [0.05, 0.1) is 22.2 Å². The first-order chi connectivity index (χ1) is 42.0. The Hall–Kier alpha value is -10.2. The van der Waals surface area contributed by atoms with Crippen LogP contribution in [0.4, 0.5) is 42.9 Å². The molecule has 0 amide bonds. The van der Waals surface area contributed by atoms with Crippen molar-refractivity contribution in [3.8, 4) is 22.3 Å². The molecule has 0 radical (unpaired) electrons. The fourth-order valence-electron chi connectivity index (χ4n) is 14.3. The van der Waals surface area contributed by atoms with Crippen LogP contribution in [-0.4, -0.2) is 0 Å². The first kappa shape index (κ1) is 53.8. The van der Waals surface area contributed by atoms with Crippen molar-refractivity contribution in [3.63, 3.8) is 0 Å². The molecular formula is C82H64F2N2. The van der Waals surface area contributed by atoms with Crippen LogP contribution in [0.2, 0.25) is 0 Å². The molecule has 0 aromatic heterocycles. The third kappa shape index (κ3) is 8.57. The number of halogens is 2. The summed E-state index contributed by atoms with van der Waals surface area (Å²) in [5, 5.41) is 0. The van der Waals surface area contributed by atoms with E-state index in [4.69, 9.17) is 0 Å². The van der Waals surface area contributed by atoms with Crippen molar-refractivity contribution >= 4 is 51.8 Å². The lowest BCUT2D eigenvalue weighted by Crippen LogP contribution is -2.31. The van der Waals surface area contributed by atoms with Gasteiger partial charge in [-0.1, -0.05) is 218 Å². The standard InChI is InChI=1S/C82H64F2N2/c1-7-57-29-37-61(38-30-57)81(73-49-53(3)25-27-55(73)5)71-19-11-9-17-67(71)69-47-45-65(51-75(69)81)85(79-23-15-13-21-77(79)83)63-41-33-59(34-42-63)60-35-43-64(44-36-60)86(80-24-16-14-22-78(80)84)66-46-48-70-68-18-10-12-20-72(68)82(76(70)52-66,62-39-31-58(8-2)32-40-62)74-50-54(4)26-28-56(74)6/h7-9,11-17,19-52H,1-2,10,18H2,3-6H3. The summed E-state index contributed by atoms with van der Waals surface area (Å²) in [4.78, 5) is 4.09. The molecule has 0 spiro atoms. The molecule has 0 bridgehead atoms. The lowest BCUT2D eigenvalue weighted by atomic mass is 9.65. The first-order valence-corrected chi connectivity index (χ1v) is 29.7. The number of rotatable bonds is 13. The van der Waals surface area contributed by atoms with E-state index >= 15 is 8.78 Å². The number of hydrogen-bond donors (Lipinski definition) is 0. The van der Waals surface area contributed by atoms with E-state index in [0.717, 1.165) is 74.5 Å². The Morgan fingerprint density at radius 1 is 0.395 bits per heavy atom. The Labute approximate surface area is 504 Å². The maximum atomic E-state index is 16.6. The van der Waals surface area contributed by atoms with Crippen LogP contribution in [0.25, 0.3) is 40.0 Å². The van der Waals surface area contributed by atoms with Crippen LogP contribution in [0.15, 0.2) is 274 Å². The van der Waals surface area contributed by atoms with Gasteiger partial charge in [-0.15, -0.1) is 0 Å². The number of anilines is 6. The Bertz CT molecular complexity index is 4560. The number of aryl methyl sites for hydroxylation is 4. The summed E-state index contributed by atoms with van der Waals surface area (Å²) in [6, 6.07) is 84.1. The second-order valence-electron chi connectivity index (χ2n) is 23.3. The molecule has 11 aromatic rings. The Morgan fingerprint density at radius 2 is 0.837 bits per heavy atom. The van der Waals surface area contributed by atoms with Gasteiger partial charge in [-0.25, -0.2) is 8.78 Å². The van der Waals surface area contributed by atoms with Gasteiger partial charge in [0.25, 0.3) is 0 Å². The summed E-state index contributed by atoms with van der Waals surface area (Å²) in [5.41, 5.74) is 26.2. The minimum absolute atomic E-state index is 0.320. The molecule has 0 heterocycles. The van der Waals surface area contributed by atoms with E-state index in [1.165, 1.54) is 84.5 Å². The molecule has 0 saturated carbocycles. The molecular weight excluding hydrogens is 1050 g/mol. The average Bonchev–Trinajstić information content (AvgIpc) is 1.53. The molecule has 0 N–H and O–H groups in total. The van der Waals surface area contributed by atoms with E-state index in [0.29, 0.717) is 11.4 Å². The van der Waals surface area contributed by atoms with Crippen molar-refractivity contribution in [3.05, 3.63) is 363 Å². The summed E-state index contributed by atoms with van der Waals surface area (Å²) in [7, 11) is 0. The highest BCUT2D eigenvalue weighted by molar-refractivity contribution is 5.93. The van der Waals surface area contributed by atoms with Crippen molar-refractivity contribution in [2.75, 3.05) is 9.80 Å². The van der Waals surface area contributed by atoms with Gasteiger partial charge in [0.1, 0.15) is 11.6 Å². The van der Waals surface area contributed by atoms with Crippen molar-refractivity contribution < 1.29 is 8.78 Å². The lowest BCUT2D eigenvalue weighted by Gasteiger charge is -2.37. The first-order valence-electron chi connectivity index (χ1n) is 29.7. The molecule has 4 heteroatoms. The molecule has 3 aliphatic rings. The predicted octanol–water partition coefficient (Wildman–Crippen LogP) is 21.9. The third-order valence-electron chi connectivity index (χ3n) is 18.4. The maximum Gasteiger partial charge on any atom is 0.147 e. The quantitative estimate of drug-likeness (QED) is 0.114. The zero-order chi connectivity index (χ0) is 58.8. The minimum Gasteiger partial charge on any atom is -0.308 e. The van der Waals surface area contributed by atoms with Crippen molar-refractivity contribution in [2.24, 2.45) is 0 Å². The summed E-state index contributed by atoms with van der Waals surface area (Å²) < 4.78 is 33.1. The predicted molar refractivity (Wildman–Crippen MR) is 356 cm³/mol. The molecule has 11 aromatic carbocycles. The molecule has 0 saturated heterocycles. The van der Waals surface area contributed by atoms with Gasteiger partial charge >= 0.3 is 0 Å². The average molecular weight is 1120 g/mol. The SMILES string of the molecule is C=Cc1ccc(C2(c3cc(C)ccc3C)C3=C(CCC=C3)c3ccc(N(c4ccc(-c5ccc(N(c6ccc7c(c6)C(c6ccc(C=C)cc6)(c6cc(C)ccc6C)c6ccccc6-7)c6ccccc6F)cc5)cc4)c4ccccc4F)cc32)cc1. The van der Waals surface area contributed by atoms with Crippen LogP contribution in [0, 0.1) is 39.3 Å². The van der Waals surface area contributed by atoms with Crippen molar-refractivity contribution in [2.45, 2.75) is 51.4 Å². The second kappa shape index (κ2) is 21.5. The summed E-state index contributed by atoms with van der Waals surface area (Å²) >= 11 is 0. The maximum absolute atomic E-state index is 16.6. The van der Waals surface area contributed by atoms with Crippen LogP contribution in [0.3, 0.4) is 0 Å². The van der Waals surface area contributed by atoms with Crippen LogP contribution in [-0.2, 0) is 10.8 Å². The molecule has 0 aliphatic heterocycles. The Balaban J connectivity index is 0.871. The Morgan fingerprint density at radius 3 is 1.36 bits per heavy atom. The smallest absolute Gasteiger partial charge is 0.147 e. The monoisotopic (exact) mass is 1110 g/mol. The van der Waals surface area contributed by atoms with Crippen LogP contribution in [0.1, 0.15) is 90.7 Å². The fourth-order valence-corrected chi connectivity index (χ4v) is 14.3. The Kier molecular flexibility index (Phi) is 13.4. The number of nitrogens with zero attached hydrogens (tertiary/aromatic N) is 2. The van der Waals surface area contributed by atoms with Gasteiger partial charge in [-0.2, -0.15) is 0 Å². The highest BCUT2D eigenvalue weighted by Gasteiger charge is 2.49. The fraction of sp³-hybridized carbons (Fsp3) is 0.0976. The van der Waals surface area contributed by atoms with E-state index in [1.54, 1.807) is 12.1 Å². The van der Waals surface area contributed by atoms with E-state index in [-0.39, 0.29) is 11.6 Å².